The van der Waals surface area contributed by atoms with E-state index in [1.807, 2.05) is 65.1 Å². The minimum absolute atomic E-state index is 0.304. The van der Waals surface area contributed by atoms with Gasteiger partial charge in [-0.3, -0.25) is 0 Å². The Bertz CT molecular complexity index is 1450. The van der Waals surface area contributed by atoms with Crippen LogP contribution in [0, 0.1) is 13.8 Å². The van der Waals surface area contributed by atoms with E-state index in [0.717, 1.165) is 55.9 Å². The lowest BCUT2D eigenvalue weighted by atomic mass is 9.95. The third-order valence-corrected chi connectivity index (χ3v) is 6.01. The number of nitrogens with zero attached hydrogens (tertiary/aromatic N) is 3. The molecule has 2 aromatic carbocycles. The molecule has 33 heavy (non-hydrogen) atoms. The Hall–Kier alpha value is -4.00. The molecule has 7 nitrogen and oxygen atoms in total. The normalized spacial score (nSPS) is 14.3. The monoisotopic (exact) mass is 440 g/mol. The van der Waals surface area contributed by atoms with Gasteiger partial charge in [-0.2, -0.15) is 0 Å². The number of benzene rings is 2. The molecule has 2 aromatic heterocycles. The van der Waals surface area contributed by atoms with Crippen molar-refractivity contribution in [2.45, 2.75) is 40.2 Å². The highest BCUT2D eigenvalue weighted by Gasteiger charge is 2.37. The summed E-state index contributed by atoms with van der Waals surface area (Å²) in [6, 6.07) is 9.56. The van der Waals surface area contributed by atoms with Crippen LogP contribution in [0.4, 0.5) is 11.6 Å². The molecular weight excluding hydrogens is 416 g/mol. The number of nitrogens with one attached hydrogen (secondary N) is 1. The van der Waals surface area contributed by atoms with Gasteiger partial charge < -0.3 is 14.6 Å². The summed E-state index contributed by atoms with van der Waals surface area (Å²) < 4.78 is 10.9. The number of rotatable bonds is 4. The standard InChI is InChI=1S/C26H24N4O3/c1-13(2)17-9-10-18(22-14(3)30-33-15(22)4)20-12-27-25(29-23(17)20)28-16-7-8-19-21(11-16)26(5,6)32-24(19)31/h7-12H,1H2,2-6H3,(H,27,28,29). The van der Waals surface area contributed by atoms with Crippen molar-refractivity contribution in [1.29, 1.82) is 0 Å². The average Bonchev–Trinajstić information content (AvgIpc) is 3.21. The van der Waals surface area contributed by atoms with Crippen molar-refractivity contribution in [3.8, 4) is 11.1 Å². The van der Waals surface area contributed by atoms with Crippen LogP contribution in [0.2, 0.25) is 0 Å². The molecule has 0 fully saturated rings. The largest absolute Gasteiger partial charge is 0.451 e. The third kappa shape index (κ3) is 3.36. The van der Waals surface area contributed by atoms with E-state index < -0.39 is 5.60 Å². The van der Waals surface area contributed by atoms with Crippen molar-refractivity contribution in [1.82, 2.24) is 15.1 Å². The van der Waals surface area contributed by atoms with Gasteiger partial charge in [-0.25, -0.2) is 14.8 Å². The number of carbonyl (C=O) groups is 1. The van der Waals surface area contributed by atoms with Crippen molar-refractivity contribution in [2.24, 2.45) is 0 Å². The number of carbonyl (C=O) groups excluding carboxylic acids is 1. The van der Waals surface area contributed by atoms with Crippen LogP contribution in [0.3, 0.4) is 0 Å². The quantitative estimate of drug-likeness (QED) is 0.384. The Balaban J connectivity index is 1.61. The zero-order valence-electron chi connectivity index (χ0n) is 19.2. The number of aromatic nitrogens is 3. The Morgan fingerprint density at radius 3 is 2.58 bits per heavy atom. The number of aryl methyl sites for hydroxylation is 2. The lowest BCUT2D eigenvalue weighted by molar-refractivity contribution is 0.00955. The van der Waals surface area contributed by atoms with Gasteiger partial charge in [-0.15, -0.1) is 0 Å². The van der Waals surface area contributed by atoms with Crippen LogP contribution in [-0.2, 0) is 10.3 Å². The Labute approximate surface area is 191 Å². The predicted octanol–water partition coefficient (Wildman–Crippen LogP) is 6.08. The van der Waals surface area contributed by atoms with Crippen molar-refractivity contribution >= 4 is 34.1 Å². The number of hydrogen-bond acceptors (Lipinski definition) is 7. The van der Waals surface area contributed by atoms with E-state index in [4.69, 9.17) is 14.2 Å². The van der Waals surface area contributed by atoms with E-state index in [1.54, 1.807) is 6.07 Å². The molecule has 1 N–H and O–H groups in total. The fraction of sp³-hybridized carbons (Fsp3) is 0.231. The van der Waals surface area contributed by atoms with Crippen molar-refractivity contribution in [3.05, 3.63) is 71.3 Å². The second-order valence-electron chi connectivity index (χ2n) is 8.88. The molecule has 0 radical (unpaired) electrons. The van der Waals surface area contributed by atoms with Gasteiger partial charge >= 0.3 is 5.97 Å². The average molecular weight is 441 g/mol. The second-order valence-corrected chi connectivity index (χ2v) is 8.88. The summed E-state index contributed by atoms with van der Waals surface area (Å²) in [5, 5.41) is 8.26. The van der Waals surface area contributed by atoms with Gasteiger partial charge in [0.15, 0.2) is 0 Å². The minimum atomic E-state index is -0.676. The predicted molar refractivity (Wildman–Crippen MR) is 127 cm³/mol. The van der Waals surface area contributed by atoms with Crippen LogP contribution >= 0.6 is 0 Å². The summed E-state index contributed by atoms with van der Waals surface area (Å²) >= 11 is 0. The van der Waals surface area contributed by atoms with Gasteiger partial charge in [0.1, 0.15) is 11.4 Å². The molecule has 166 valence electrons. The summed E-state index contributed by atoms with van der Waals surface area (Å²) in [6.07, 6.45) is 1.81. The molecule has 0 atom stereocenters. The molecule has 5 rings (SSSR count). The van der Waals surface area contributed by atoms with Gasteiger partial charge in [-0.1, -0.05) is 23.9 Å². The molecule has 3 heterocycles. The highest BCUT2D eigenvalue weighted by Crippen LogP contribution is 2.38. The van der Waals surface area contributed by atoms with Crippen molar-refractivity contribution < 1.29 is 14.1 Å². The SMILES string of the molecule is C=C(C)c1ccc(-c2c(C)noc2C)c2cnc(Nc3ccc4c(c3)C(C)(C)OC4=O)nc12. The molecule has 1 aliphatic rings. The number of ether oxygens (including phenoxy) is 1. The van der Waals surface area contributed by atoms with Crippen LogP contribution in [-0.4, -0.2) is 21.1 Å². The fourth-order valence-electron chi connectivity index (χ4n) is 4.38. The Morgan fingerprint density at radius 2 is 1.88 bits per heavy atom. The van der Waals surface area contributed by atoms with Gasteiger partial charge in [-0.05, 0) is 64.0 Å². The Morgan fingerprint density at radius 1 is 1.12 bits per heavy atom. The lowest BCUT2D eigenvalue weighted by Crippen LogP contribution is -2.16. The molecule has 0 unspecified atom stereocenters. The maximum Gasteiger partial charge on any atom is 0.339 e. The number of hydrogen-bond donors (Lipinski definition) is 1. The molecule has 4 aromatic rings. The smallest absolute Gasteiger partial charge is 0.339 e. The third-order valence-electron chi connectivity index (χ3n) is 6.01. The molecule has 7 heteroatoms. The zero-order valence-corrected chi connectivity index (χ0v) is 19.2. The van der Waals surface area contributed by atoms with E-state index in [9.17, 15) is 4.79 Å². The molecule has 0 aliphatic carbocycles. The zero-order chi connectivity index (χ0) is 23.5. The first-order valence-electron chi connectivity index (χ1n) is 10.7. The van der Waals surface area contributed by atoms with E-state index >= 15 is 0 Å². The summed E-state index contributed by atoms with van der Waals surface area (Å²) in [5.41, 5.74) is 6.89. The van der Waals surface area contributed by atoms with Crippen LogP contribution in [0.15, 0.2) is 47.6 Å². The highest BCUT2D eigenvalue weighted by atomic mass is 16.6. The molecule has 0 saturated heterocycles. The van der Waals surface area contributed by atoms with E-state index in [1.165, 1.54) is 0 Å². The Kier molecular flexibility index (Phi) is 4.60. The summed E-state index contributed by atoms with van der Waals surface area (Å²) in [7, 11) is 0. The molecule has 0 spiro atoms. The summed E-state index contributed by atoms with van der Waals surface area (Å²) in [4.78, 5) is 21.5. The first-order valence-corrected chi connectivity index (χ1v) is 10.7. The first-order chi connectivity index (χ1) is 15.7. The maximum absolute atomic E-state index is 12.1. The minimum Gasteiger partial charge on any atom is -0.451 e. The van der Waals surface area contributed by atoms with Gasteiger partial charge in [0.2, 0.25) is 5.95 Å². The number of allylic oxidation sites excluding steroid dienone is 1. The number of esters is 1. The molecule has 0 saturated carbocycles. The summed E-state index contributed by atoms with van der Waals surface area (Å²) in [5.74, 6) is 0.891. The van der Waals surface area contributed by atoms with Crippen LogP contribution in [0.5, 0.6) is 0 Å². The van der Waals surface area contributed by atoms with E-state index in [0.29, 0.717) is 11.5 Å². The van der Waals surface area contributed by atoms with Crippen LogP contribution in [0.25, 0.3) is 27.6 Å². The van der Waals surface area contributed by atoms with Gasteiger partial charge in [0.05, 0.1) is 16.8 Å². The van der Waals surface area contributed by atoms with E-state index in [2.05, 4.69) is 22.0 Å². The highest BCUT2D eigenvalue weighted by molar-refractivity contribution is 6.01. The van der Waals surface area contributed by atoms with Gasteiger partial charge in [0.25, 0.3) is 0 Å². The number of anilines is 2. The molecule has 1 aliphatic heterocycles. The van der Waals surface area contributed by atoms with Crippen molar-refractivity contribution in [3.63, 3.8) is 0 Å². The maximum atomic E-state index is 12.1. The molecule has 0 amide bonds. The van der Waals surface area contributed by atoms with Crippen molar-refractivity contribution in [2.75, 3.05) is 5.32 Å². The first kappa shape index (κ1) is 20.9. The van der Waals surface area contributed by atoms with Gasteiger partial charge in [0, 0.05) is 34.0 Å². The topological polar surface area (TPSA) is 90.1 Å². The van der Waals surface area contributed by atoms with E-state index in [-0.39, 0.29) is 5.97 Å². The molecule has 0 bridgehead atoms. The summed E-state index contributed by atoms with van der Waals surface area (Å²) in [6.45, 7) is 13.7. The second kappa shape index (κ2) is 7.27. The molecular formula is C26H24N4O3. The lowest BCUT2D eigenvalue weighted by Gasteiger charge is -2.18. The number of cyclic esters (lactones) is 1. The fourth-order valence-corrected chi connectivity index (χ4v) is 4.38. The van der Waals surface area contributed by atoms with Crippen LogP contribution < -0.4 is 5.32 Å². The number of fused-ring (bicyclic) bond motifs is 2. The van der Waals surface area contributed by atoms with Crippen LogP contribution in [0.1, 0.15) is 53.7 Å².